The molecule has 2 N–H and O–H groups in total. The fraction of sp³-hybridized carbons (Fsp3) is 0.333. The van der Waals surface area contributed by atoms with Gasteiger partial charge in [-0.25, -0.2) is 4.98 Å². The summed E-state index contributed by atoms with van der Waals surface area (Å²) >= 11 is 1.66. The van der Waals surface area contributed by atoms with Crippen molar-refractivity contribution in [3.63, 3.8) is 0 Å². The van der Waals surface area contributed by atoms with E-state index in [-0.39, 0.29) is 18.5 Å². The molecule has 0 aliphatic carbocycles. The summed E-state index contributed by atoms with van der Waals surface area (Å²) < 4.78 is 1.17. The predicted molar refractivity (Wildman–Crippen MR) is 69.9 cm³/mol. The fourth-order valence-corrected chi connectivity index (χ4v) is 2.72. The van der Waals surface area contributed by atoms with Gasteiger partial charge in [0.2, 0.25) is 5.91 Å². The van der Waals surface area contributed by atoms with Gasteiger partial charge in [0.25, 0.3) is 0 Å². The number of amides is 1. The van der Waals surface area contributed by atoms with Crippen LogP contribution >= 0.6 is 11.3 Å². The number of nitrogens with two attached hydrogens (primary N) is 1. The van der Waals surface area contributed by atoms with Crippen molar-refractivity contribution in [3.8, 4) is 0 Å². The molecule has 1 amide bonds. The van der Waals surface area contributed by atoms with E-state index in [2.05, 4.69) is 11.1 Å². The number of hydrogen-bond donors (Lipinski definition) is 1. The van der Waals surface area contributed by atoms with Crippen molar-refractivity contribution in [1.82, 2.24) is 9.88 Å². The van der Waals surface area contributed by atoms with E-state index in [1.165, 1.54) is 4.70 Å². The number of aromatic nitrogens is 1. The Morgan fingerprint density at radius 2 is 2.24 bits per heavy atom. The van der Waals surface area contributed by atoms with E-state index in [1.54, 1.807) is 11.3 Å². The minimum atomic E-state index is -0.319. The van der Waals surface area contributed by atoms with Crippen LogP contribution in [0.5, 0.6) is 0 Å². The first-order valence-corrected chi connectivity index (χ1v) is 6.23. The fourth-order valence-electron chi connectivity index (χ4n) is 1.64. The van der Waals surface area contributed by atoms with Crippen LogP contribution in [-0.2, 0) is 4.79 Å². The van der Waals surface area contributed by atoms with Crippen LogP contribution in [0.4, 0.5) is 0 Å². The van der Waals surface area contributed by atoms with Crippen LogP contribution in [0.3, 0.4) is 0 Å². The molecule has 0 spiro atoms. The number of nitrogens with zero attached hydrogens (tertiary/aromatic N) is 2. The maximum absolute atomic E-state index is 10.9. The molecule has 0 saturated heterocycles. The zero-order chi connectivity index (χ0) is 12.4. The molecule has 2 aromatic rings. The van der Waals surface area contributed by atoms with E-state index in [9.17, 15) is 4.79 Å². The van der Waals surface area contributed by atoms with Gasteiger partial charge >= 0.3 is 0 Å². The number of primary amides is 1. The number of carbonyl (C=O) groups excluding carboxylic acids is 1. The van der Waals surface area contributed by atoms with Crippen LogP contribution in [0.25, 0.3) is 10.2 Å². The molecule has 4 nitrogen and oxygen atoms in total. The maximum atomic E-state index is 10.9. The van der Waals surface area contributed by atoms with Gasteiger partial charge in [0.05, 0.1) is 22.8 Å². The summed E-state index contributed by atoms with van der Waals surface area (Å²) in [5, 5.41) is 1.01. The van der Waals surface area contributed by atoms with Crippen LogP contribution in [0.2, 0.25) is 0 Å². The largest absolute Gasteiger partial charge is 0.369 e. The summed E-state index contributed by atoms with van der Waals surface area (Å²) in [4.78, 5) is 17.3. The highest BCUT2D eigenvalue weighted by atomic mass is 32.1. The Bertz CT molecular complexity index is 504. The van der Waals surface area contributed by atoms with Gasteiger partial charge in [-0.05, 0) is 26.1 Å². The second-order valence-electron chi connectivity index (χ2n) is 4.08. The molecule has 0 saturated carbocycles. The lowest BCUT2D eigenvalue weighted by Gasteiger charge is -2.20. The standard InChI is InChI=1S/C12H15N3OS/c1-8(15(2)7-11(13)16)12-14-9-5-3-4-6-10(9)17-12/h3-6,8H,7H2,1-2H3,(H2,13,16)/t8-/m1/s1. The lowest BCUT2D eigenvalue weighted by molar-refractivity contribution is -0.119. The van der Waals surface area contributed by atoms with Gasteiger partial charge in [-0.2, -0.15) is 0 Å². The molecule has 1 heterocycles. The Morgan fingerprint density at radius 3 is 2.88 bits per heavy atom. The van der Waals surface area contributed by atoms with Gasteiger partial charge in [-0.3, -0.25) is 9.69 Å². The first kappa shape index (κ1) is 12.0. The van der Waals surface area contributed by atoms with E-state index in [1.807, 2.05) is 37.1 Å². The summed E-state index contributed by atoms with van der Waals surface area (Å²) in [6.07, 6.45) is 0. The van der Waals surface area contributed by atoms with E-state index < -0.39 is 0 Å². The number of fused-ring (bicyclic) bond motifs is 1. The van der Waals surface area contributed by atoms with Crippen LogP contribution in [0.15, 0.2) is 24.3 Å². The van der Waals surface area contributed by atoms with Crippen LogP contribution < -0.4 is 5.73 Å². The molecule has 1 aromatic heterocycles. The SMILES string of the molecule is C[C@H](c1nc2ccccc2s1)N(C)CC(N)=O. The second kappa shape index (κ2) is 4.81. The Kier molecular flexibility index (Phi) is 3.40. The Balaban J connectivity index is 2.24. The molecular formula is C12H15N3OS. The summed E-state index contributed by atoms with van der Waals surface area (Å²) in [6, 6.07) is 8.12. The topological polar surface area (TPSA) is 59.2 Å². The third-order valence-electron chi connectivity index (χ3n) is 2.73. The molecule has 0 fully saturated rings. The van der Waals surface area contributed by atoms with Gasteiger partial charge < -0.3 is 5.73 Å². The molecule has 0 aliphatic rings. The van der Waals surface area contributed by atoms with E-state index in [0.29, 0.717) is 0 Å². The third-order valence-corrected chi connectivity index (χ3v) is 3.94. The number of benzene rings is 1. The lowest BCUT2D eigenvalue weighted by atomic mass is 10.3. The van der Waals surface area contributed by atoms with Crippen LogP contribution in [0.1, 0.15) is 18.0 Å². The number of hydrogen-bond acceptors (Lipinski definition) is 4. The van der Waals surface area contributed by atoms with Crippen LogP contribution in [-0.4, -0.2) is 29.4 Å². The van der Waals surface area contributed by atoms with Gasteiger partial charge in [0.1, 0.15) is 5.01 Å². The van der Waals surface area contributed by atoms with Gasteiger partial charge in [-0.1, -0.05) is 12.1 Å². The van der Waals surface area contributed by atoms with Gasteiger partial charge in [0, 0.05) is 0 Å². The highest BCUT2D eigenvalue weighted by molar-refractivity contribution is 7.18. The monoisotopic (exact) mass is 249 g/mol. The number of thiazole rings is 1. The zero-order valence-corrected chi connectivity index (χ0v) is 10.7. The average Bonchev–Trinajstić information content (AvgIpc) is 2.70. The van der Waals surface area contributed by atoms with Crippen molar-refractivity contribution in [2.24, 2.45) is 5.73 Å². The van der Waals surface area contributed by atoms with Crippen molar-refractivity contribution in [1.29, 1.82) is 0 Å². The number of para-hydroxylation sites is 1. The van der Waals surface area contributed by atoms with Crippen molar-refractivity contribution in [2.45, 2.75) is 13.0 Å². The predicted octanol–water partition coefficient (Wildman–Crippen LogP) is 1.77. The second-order valence-corrected chi connectivity index (χ2v) is 5.14. The maximum Gasteiger partial charge on any atom is 0.231 e. The first-order chi connectivity index (χ1) is 8.08. The Hall–Kier alpha value is -1.46. The summed E-state index contributed by atoms with van der Waals surface area (Å²) in [6.45, 7) is 2.28. The average molecular weight is 249 g/mol. The van der Waals surface area contributed by atoms with Crippen molar-refractivity contribution in [3.05, 3.63) is 29.3 Å². The lowest BCUT2D eigenvalue weighted by Crippen LogP contribution is -2.32. The van der Waals surface area contributed by atoms with Crippen LogP contribution in [0, 0.1) is 0 Å². The molecular weight excluding hydrogens is 234 g/mol. The third kappa shape index (κ3) is 2.62. The minimum Gasteiger partial charge on any atom is -0.369 e. The molecule has 5 heteroatoms. The number of likely N-dealkylation sites (N-methyl/N-ethyl adjacent to an activating group) is 1. The smallest absolute Gasteiger partial charge is 0.231 e. The molecule has 0 radical (unpaired) electrons. The number of carbonyl (C=O) groups is 1. The molecule has 0 unspecified atom stereocenters. The number of rotatable bonds is 4. The zero-order valence-electron chi connectivity index (χ0n) is 9.88. The van der Waals surface area contributed by atoms with Crippen molar-refractivity contribution >= 4 is 27.5 Å². The minimum absolute atomic E-state index is 0.0971. The molecule has 2 rings (SSSR count). The summed E-state index contributed by atoms with van der Waals surface area (Å²) in [7, 11) is 1.88. The first-order valence-electron chi connectivity index (χ1n) is 5.42. The summed E-state index contributed by atoms with van der Waals surface area (Å²) in [5.41, 5.74) is 6.19. The molecule has 1 atom stereocenters. The molecule has 0 bridgehead atoms. The highest BCUT2D eigenvalue weighted by Crippen LogP contribution is 2.28. The molecule has 17 heavy (non-hydrogen) atoms. The van der Waals surface area contributed by atoms with Gasteiger partial charge in [-0.15, -0.1) is 11.3 Å². The van der Waals surface area contributed by atoms with Gasteiger partial charge in [0.15, 0.2) is 0 Å². The molecule has 90 valence electrons. The molecule has 0 aliphatic heterocycles. The van der Waals surface area contributed by atoms with E-state index in [4.69, 9.17) is 5.73 Å². The van der Waals surface area contributed by atoms with Crippen molar-refractivity contribution in [2.75, 3.05) is 13.6 Å². The van der Waals surface area contributed by atoms with Crippen molar-refractivity contribution < 1.29 is 4.79 Å². The van der Waals surface area contributed by atoms with E-state index in [0.717, 1.165) is 10.5 Å². The highest BCUT2D eigenvalue weighted by Gasteiger charge is 2.17. The quantitative estimate of drug-likeness (QED) is 0.898. The molecule has 1 aromatic carbocycles. The Morgan fingerprint density at radius 1 is 1.53 bits per heavy atom. The Labute approximate surface area is 104 Å². The van der Waals surface area contributed by atoms with E-state index >= 15 is 0 Å². The normalized spacial score (nSPS) is 13.1. The summed E-state index contributed by atoms with van der Waals surface area (Å²) in [5.74, 6) is -0.319.